The molecule has 0 heterocycles. The summed E-state index contributed by atoms with van der Waals surface area (Å²) in [6.07, 6.45) is 0. The number of rotatable bonds is 2. The van der Waals surface area contributed by atoms with Crippen molar-refractivity contribution in [1.82, 2.24) is 0 Å². The van der Waals surface area contributed by atoms with Gasteiger partial charge < -0.3 is 10.2 Å². The number of para-hydroxylation sites is 2. The van der Waals surface area contributed by atoms with E-state index in [0.29, 0.717) is 0 Å². The highest BCUT2D eigenvalue weighted by atomic mass is 32.3. The summed E-state index contributed by atoms with van der Waals surface area (Å²) >= 11 is 0. The highest BCUT2D eigenvalue weighted by molar-refractivity contribution is 7.79. The molecule has 0 aliphatic rings. The molecule has 0 radical (unpaired) electrons. The summed E-state index contributed by atoms with van der Waals surface area (Å²) in [6.45, 7) is 0. The van der Waals surface area contributed by atoms with Crippen LogP contribution in [0.3, 0.4) is 0 Å². The minimum Gasteiger partial charge on any atom is -0.495 e. The minimum absolute atomic E-state index is 0.755. The van der Waals surface area contributed by atoms with Crippen LogP contribution < -0.4 is 16.0 Å². The SMILES string of the molecule is COc1ccccc1NN.O=S(=O)(O)O. The van der Waals surface area contributed by atoms with Crippen LogP contribution in [-0.4, -0.2) is 24.6 Å². The van der Waals surface area contributed by atoms with E-state index in [1.54, 1.807) is 7.11 Å². The average molecular weight is 236 g/mol. The van der Waals surface area contributed by atoms with Gasteiger partial charge in [0.15, 0.2) is 0 Å². The molecule has 0 aromatic heterocycles. The number of anilines is 1. The Hall–Kier alpha value is -1.35. The smallest absolute Gasteiger partial charge is 0.394 e. The van der Waals surface area contributed by atoms with Crippen molar-refractivity contribution >= 4 is 16.1 Å². The standard InChI is InChI=1S/C7H10N2O.H2O4S/c1-10-7-5-3-2-4-6(7)9-8;1-5(2,3)4/h2-5,9H,8H2,1H3;(H2,1,2,3,4). The Morgan fingerprint density at radius 2 is 1.80 bits per heavy atom. The first-order valence-corrected chi connectivity index (χ1v) is 5.07. The van der Waals surface area contributed by atoms with Crippen molar-refractivity contribution < 1.29 is 22.3 Å². The Morgan fingerprint density at radius 1 is 1.33 bits per heavy atom. The Bertz CT molecular complexity index is 361. The van der Waals surface area contributed by atoms with E-state index < -0.39 is 10.4 Å². The zero-order valence-electron chi connectivity index (χ0n) is 7.91. The summed E-state index contributed by atoms with van der Waals surface area (Å²) in [7, 11) is -3.06. The fraction of sp³-hybridized carbons (Fsp3) is 0.143. The van der Waals surface area contributed by atoms with Gasteiger partial charge >= 0.3 is 10.4 Å². The van der Waals surface area contributed by atoms with Crippen LogP contribution in [0.4, 0.5) is 5.69 Å². The number of nitrogen functional groups attached to an aromatic ring is 1. The third-order valence-corrected chi connectivity index (χ3v) is 1.26. The molecule has 0 aliphatic carbocycles. The zero-order valence-corrected chi connectivity index (χ0v) is 8.73. The molecule has 0 unspecified atom stereocenters. The molecular weight excluding hydrogens is 224 g/mol. The number of benzene rings is 1. The predicted molar refractivity (Wildman–Crippen MR) is 55.0 cm³/mol. The first-order chi connectivity index (χ1) is 6.88. The van der Waals surface area contributed by atoms with Gasteiger partial charge in [-0.1, -0.05) is 12.1 Å². The van der Waals surface area contributed by atoms with Gasteiger partial charge in [0.1, 0.15) is 5.75 Å². The second-order valence-corrected chi connectivity index (χ2v) is 3.19. The van der Waals surface area contributed by atoms with Gasteiger partial charge in [-0.15, -0.1) is 0 Å². The minimum atomic E-state index is -4.67. The molecule has 0 fully saturated rings. The van der Waals surface area contributed by atoms with Gasteiger partial charge in [-0.3, -0.25) is 14.9 Å². The van der Waals surface area contributed by atoms with E-state index in [0.717, 1.165) is 11.4 Å². The van der Waals surface area contributed by atoms with Crippen molar-refractivity contribution in [2.75, 3.05) is 12.5 Å². The molecule has 0 saturated heterocycles. The van der Waals surface area contributed by atoms with Gasteiger partial charge in [-0.05, 0) is 12.1 Å². The van der Waals surface area contributed by atoms with Crippen LogP contribution in [0.2, 0.25) is 0 Å². The number of hydrazine groups is 1. The van der Waals surface area contributed by atoms with E-state index in [9.17, 15) is 0 Å². The molecule has 0 atom stereocenters. The Balaban J connectivity index is 0.000000336. The van der Waals surface area contributed by atoms with E-state index in [1.807, 2.05) is 24.3 Å². The van der Waals surface area contributed by atoms with Crippen molar-refractivity contribution in [3.8, 4) is 5.75 Å². The molecule has 0 amide bonds. The molecular formula is C7H12N2O5S. The van der Waals surface area contributed by atoms with Gasteiger partial charge in [-0.25, -0.2) is 0 Å². The maximum atomic E-state index is 8.74. The second-order valence-electron chi connectivity index (χ2n) is 2.29. The molecule has 1 rings (SSSR count). The number of ether oxygens (including phenoxy) is 1. The summed E-state index contributed by atoms with van der Waals surface area (Å²) in [6, 6.07) is 7.46. The lowest BCUT2D eigenvalue weighted by Gasteiger charge is -2.05. The maximum absolute atomic E-state index is 8.74. The molecule has 0 aliphatic heterocycles. The predicted octanol–water partition coefficient (Wildman–Crippen LogP) is 0.328. The van der Waals surface area contributed by atoms with Crippen molar-refractivity contribution in [3.63, 3.8) is 0 Å². The molecule has 7 nitrogen and oxygen atoms in total. The summed E-state index contributed by atoms with van der Waals surface area (Å²) in [5.41, 5.74) is 3.32. The number of methoxy groups -OCH3 is 1. The largest absolute Gasteiger partial charge is 0.495 e. The van der Waals surface area contributed by atoms with Gasteiger partial charge in [0.25, 0.3) is 0 Å². The summed E-state index contributed by atoms with van der Waals surface area (Å²) in [4.78, 5) is 0. The van der Waals surface area contributed by atoms with Crippen LogP contribution in [0, 0.1) is 0 Å². The molecule has 1 aromatic carbocycles. The third-order valence-electron chi connectivity index (χ3n) is 1.26. The number of nitrogens with one attached hydrogen (secondary N) is 1. The second kappa shape index (κ2) is 6.19. The Morgan fingerprint density at radius 3 is 2.13 bits per heavy atom. The molecule has 15 heavy (non-hydrogen) atoms. The Labute approximate surface area is 87.4 Å². The molecule has 8 heteroatoms. The summed E-state index contributed by atoms with van der Waals surface area (Å²) in [5, 5.41) is 0. The molecule has 86 valence electrons. The van der Waals surface area contributed by atoms with Gasteiger partial charge in [-0.2, -0.15) is 8.42 Å². The van der Waals surface area contributed by atoms with Gasteiger partial charge in [0.2, 0.25) is 0 Å². The van der Waals surface area contributed by atoms with Crippen LogP contribution >= 0.6 is 0 Å². The van der Waals surface area contributed by atoms with E-state index in [-0.39, 0.29) is 0 Å². The molecule has 1 aromatic rings. The first kappa shape index (κ1) is 13.7. The highest BCUT2D eigenvalue weighted by Crippen LogP contribution is 2.21. The fourth-order valence-electron chi connectivity index (χ4n) is 0.764. The zero-order chi connectivity index (χ0) is 11.9. The lowest BCUT2D eigenvalue weighted by molar-refractivity contribution is 0.381. The normalized spacial score (nSPS) is 9.87. The summed E-state index contributed by atoms with van der Waals surface area (Å²) in [5.74, 6) is 5.95. The van der Waals surface area contributed by atoms with E-state index in [2.05, 4.69) is 5.43 Å². The number of nitrogens with two attached hydrogens (primary N) is 1. The van der Waals surface area contributed by atoms with Crippen molar-refractivity contribution in [3.05, 3.63) is 24.3 Å². The fourth-order valence-corrected chi connectivity index (χ4v) is 0.764. The maximum Gasteiger partial charge on any atom is 0.394 e. The van der Waals surface area contributed by atoms with E-state index in [4.69, 9.17) is 28.1 Å². The average Bonchev–Trinajstić information content (AvgIpc) is 2.15. The van der Waals surface area contributed by atoms with Crippen LogP contribution in [0.25, 0.3) is 0 Å². The topological polar surface area (TPSA) is 122 Å². The molecule has 5 N–H and O–H groups in total. The summed E-state index contributed by atoms with van der Waals surface area (Å²) < 4.78 is 36.6. The lowest BCUT2D eigenvalue weighted by Crippen LogP contribution is -2.07. The van der Waals surface area contributed by atoms with E-state index in [1.165, 1.54) is 0 Å². The van der Waals surface area contributed by atoms with Gasteiger partial charge in [0.05, 0.1) is 12.8 Å². The molecule has 0 spiro atoms. The molecule has 0 saturated carbocycles. The van der Waals surface area contributed by atoms with Crippen LogP contribution in [0.5, 0.6) is 5.75 Å². The quantitative estimate of drug-likeness (QED) is 0.331. The highest BCUT2D eigenvalue weighted by Gasteiger charge is 1.95. The first-order valence-electron chi connectivity index (χ1n) is 3.68. The van der Waals surface area contributed by atoms with Gasteiger partial charge in [0, 0.05) is 0 Å². The van der Waals surface area contributed by atoms with Crippen LogP contribution in [0.15, 0.2) is 24.3 Å². The molecule has 0 bridgehead atoms. The van der Waals surface area contributed by atoms with E-state index >= 15 is 0 Å². The number of hydrogen-bond acceptors (Lipinski definition) is 5. The Kier molecular flexibility index (Phi) is 5.64. The van der Waals surface area contributed by atoms with Crippen molar-refractivity contribution in [2.45, 2.75) is 0 Å². The van der Waals surface area contributed by atoms with Crippen LogP contribution in [-0.2, 0) is 10.4 Å². The number of hydrogen-bond donors (Lipinski definition) is 4. The van der Waals surface area contributed by atoms with Crippen molar-refractivity contribution in [1.29, 1.82) is 0 Å². The van der Waals surface area contributed by atoms with Crippen molar-refractivity contribution in [2.24, 2.45) is 5.84 Å². The van der Waals surface area contributed by atoms with Crippen LogP contribution in [0.1, 0.15) is 0 Å². The lowest BCUT2D eigenvalue weighted by atomic mass is 10.3. The third kappa shape index (κ3) is 7.70. The monoisotopic (exact) mass is 236 g/mol.